The summed E-state index contributed by atoms with van der Waals surface area (Å²) in [5.74, 6) is 0.826. The van der Waals surface area contributed by atoms with Gasteiger partial charge in [-0.2, -0.15) is 0 Å². The molecule has 4 heteroatoms. The molecule has 0 atom stereocenters. The maximum atomic E-state index is 12.1. The Morgan fingerprint density at radius 3 is 2.63 bits per heavy atom. The van der Waals surface area contributed by atoms with Crippen molar-refractivity contribution in [2.45, 2.75) is 40.8 Å². The van der Waals surface area contributed by atoms with Crippen LogP contribution in [0.4, 0.5) is 0 Å². The minimum absolute atomic E-state index is 0.186. The van der Waals surface area contributed by atoms with E-state index in [4.69, 9.17) is 0 Å². The van der Waals surface area contributed by atoms with Gasteiger partial charge in [0.05, 0.1) is 0 Å². The first kappa shape index (κ1) is 15.8. The predicted octanol–water partition coefficient (Wildman–Crippen LogP) is 2.10. The van der Waals surface area contributed by atoms with Crippen molar-refractivity contribution in [2.24, 2.45) is 5.92 Å². The van der Waals surface area contributed by atoms with Gasteiger partial charge in [0.1, 0.15) is 6.54 Å². The van der Waals surface area contributed by atoms with Gasteiger partial charge in [0.2, 0.25) is 5.91 Å². The number of hydrogen-bond donors (Lipinski definition) is 1. The van der Waals surface area contributed by atoms with Crippen LogP contribution in [0.5, 0.6) is 0 Å². The molecule has 1 aromatic rings. The first-order chi connectivity index (χ1) is 9.08. The van der Waals surface area contributed by atoms with Gasteiger partial charge in [-0.15, -0.1) is 0 Å². The van der Waals surface area contributed by atoms with Crippen LogP contribution in [-0.2, 0) is 17.9 Å². The van der Waals surface area contributed by atoms with E-state index in [-0.39, 0.29) is 5.91 Å². The summed E-state index contributed by atoms with van der Waals surface area (Å²) < 4.78 is 2.04. The Morgan fingerprint density at radius 2 is 2.05 bits per heavy atom. The van der Waals surface area contributed by atoms with E-state index >= 15 is 0 Å². The number of nitrogens with zero attached hydrogens (tertiary/aromatic N) is 2. The molecule has 0 spiro atoms. The van der Waals surface area contributed by atoms with Crippen LogP contribution in [0.25, 0.3) is 0 Å². The van der Waals surface area contributed by atoms with Gasteiger partial charge in [0.15, 0.2) is 0 Å². The normalized spacial score (nSPS) is 11.0. The molecular formula is C15H27N3O. The van der Waals surface area contributed by atoms with Crippen LogP contribution in [0.2, 0.25) is 0 Å². The zero-order chi connectivity index (χ0) is 14.3. The number of hydrogen-bond acceptors (Lipinski definition) is 2. The molecule has 0 aliphatic rings. The van der Waals surface area contributed by atoms with Crippen LogP contribution < -0.4 is 5.32 Å². The third-order valence-electron chi connectivity index (χ3n) is 3.20. The van der Waals surface area contributed by atoms with E-state index in [0.717, 1.165) is 26.2 Å². The van der Waals surface area contributed by atoms with Crippen LogP contribution in [0.1, 0.15) is 33.4 Å². The molecule has 19 heavy (non-hydrogen) atoms. The van der Waals surface area contributed by atoms with Gasteiger partial charge in [-0.05, 0) is 38.4 Å². The number of amides is 1. The van der Waals surface area contributed by atoms with Gasteiger partial charge < -0.3 is 14.8 Å². The molecule has 108 valence electrons. The van der Waals surface area contributed by atoms with Crippen LogP contribution in [0.3, 0.4) is 0 Å². The molecular weight excluding hydrogens is 238 g/mol. The number of likely N-dealkylation sites (N-methyl/N-ethyl adjacent to an activating group) is 1. The van der Waals surface area contributed by atoms with Gasteiger partial charge in [-0.25, -0.2) is 0 Å². The van der Waals surface area contributed by atoms with Gasteiger partial charge in [-0.1, -0.05) is 13.8 Å². The van der Waals surface area contributed by atoms with Gasteiger partial charge in [0, 0.05) is 31.5 Å². The standard InChI is InChI=1S/C15H27N3O/c1-5-17(6-2)15(19)12-18-9-7-8-14(18)11-16-10-13(3)4/h7-9,13,16H,5-6,10-12H2,1-4H3. The summed E-state index contributed by atoms with van der Waals surface area (Å²) in [6, 6.07) is 4.07. The monoisotopic (exact) mass is 265 g/mol. The van der Waals surface area contributed by atoms with E-state index in [1.165, 1.54) is 5.69 Å². The summed E-state index contributed by atoms with van der Waals surface area (Å²) >= 11 is 0. The lowest BCUT2D eigenvalue weighted by atomic mass is 10.2. The molecule has 0 aliphatic heterocycles. The molecule has 1 heterocycles. The average molecular weight is 265 g/mol. The lowest BCUT2D eigenvalue weighted by molar-refractivity contribution is -0.131. The number of carbonyl (C=O) groups is 1. The molecule has 0 fully saturated rings. The van der Waals surface area contributed by atoms with Gasteiger partial charge >= 0.3 is 0 Å². The van der Waals surface area contributed by atoms with E-state index in [1.807, 2.05) is 35.6 Å². The van der Waals surface area contributed by atoms with Crippen molar-refractivity contribution in [1.82, 2.24) is 14.8 Å². The Balaban J connectivity index is 2.54. The second-order valence-corrected chi connectivity index (χ2v) is 5.22. The second kappa shape index (κ2) is 8.00. The number of nitrogens with one attached hydrogen (secondary N) is 1. The Morgan fingerprint density at radius 1 is 1.37 bits per heavy atom. The molecule has 0 radical (unpaired) electrons. The van der Waals surface area contributed by atoms with Crippen LogP contribution >= 0.6 is 0 Å². The van der Waals surface area contributed by atoms with Crippen LogP contribution in [0.15, 0.2) is 18.3 Å². The van der Waals surface area contributed by atoms with Crippen molar-refractivity contribution >= 4 is 5.91 Å². The highest BCUT2D eigenvalue weighted by molar-refractivity contribution is 5.76. The summed E-state index contributed by atoms with van der Waals surface area (Å²) in [5.41, 5.74) is 1.17. The van der Waals surface area contributed by atoms with Gasteiger partial charge in [-0.3, -0.25) is 4.79 Å². The molecule has 0 aromatic carbocycles. The SMILES string of the molecule is CCN(CC)C(=O)Cn1cccc1CNCC(C)C. The minimum atomic E-state index is 0.186. The maximum Gasteiger partial charge on any atom is 0.242 e. The fourth-order valence-electron chi connectivity index (χ4n) is 2.08. The average Bonchev–Trinajstić information content (AvgIpc) is 2.78. The summed E-state index contributed by atoms with van der Waals surface area (Å²) in [5, 5.41) is 3.41. The highest BCUT2D eigenvalue weighted by Crippen LogP contribution is 2.04. The lowest BCUT2D eigenvalue weighted by Crippen LogP contribution is -2.34. The topological polar surface area (TPSA) is 37.3 Å². The smallest absolute Gasteiger partial charge is 0.242 e. The van der Waals surface area contributed by atoms with Gasteiger partial charge in [0.25, 0.3) is 0 Å². The van der Waals surface area contributed by atoms with E-state index in [1.54, 1.807) is 0 Å². The Labute approximate surface area is 116 Å². The van der Waals surface area contributed by atoms with E-state index in [2.05, 4.69) is 25.2 Å². The van der Waals surface area contributed by atoms with E-state index < -0.39 is 0 Å². The van der Waals surface area contributed by atoms with Crippen molar-refractivity contribution in [3.63, 3.8) is 0 Å². The third kappa shape index (κ3) is 5.07. The summed E-state index contributed by atoms with van der Waals surface area (Å²) in [7, 11) is 0. The number of aromatic nitrogens is 1. The fourth-order valence-corrected chi connectivity index (χ4v) is 2.08. The largest absolute Gasteiger partial charge is 0.342 e. The first-order valence-electron chi connectivity index (χ1n) is 7.20. The van der Waals surface area contributed by atoms with Crippen LogP contribution in [0, 0.1) is 5.92 Å². The molecule has 1 amide bonds. The molecule has 0 unspecified atom stereocenters. The van der Waals surface area contributed by atoms with Crippen molar-refractivity contribution in [3.8, 4) is 0 Å². The van der Waals surface area contributed by atoms with Crippen molar-refractivity contribution in [1.29, 1.82) is 0 Å². The van der Waals surface area contributed by atoms with Crippen molar-refractivity contribution in [2.75, 3.05) is 19.6 Å². The molecule has 1 aromatic heterocycles. The molecule has 0 bridgehead atoms. The maximum absolute atomic E-state index is 12.1. The summed E-state index contributed by atoms with van der Waals surface area (Å²) in [6.45, 7) is 12.2. The fraction of sp³-hybridized carbons (Fsp3) is 0.667. The molecule has 4 nitrogen and oxygen atoms in total. The zero-order valence-corrected chi connectivity index (χ0v) is 12.6. The first-order valence-corrected chi connectivity index (χ1v) is 7.20. The second-order valence-electron chi connectivity index (χ2n) is 5.22. The highest BCUT2D eigenvalue weighted by atomic mass is 16.2. The van der Waals surface area contributed by atoms with Crippen molar-refractivity contribution in [3.05, 3.63) is 24.0 Å². The molecule has 1 N–H and O–H groups in total. The highest BCUT2D eigenvalue weighted by Gasteiger charge is 2.11. The summed E-state index contributed by atoms with van der Waals surface area (Å²) in [6.07, 6.45) is 1.98. The Bertz CT molecular complexity index is 380. The lowest BCUT2D eigenvalue weighted by Gasteiger charge is -2.20. The molecule has 0 saturated heterocycles. The van der Waals surface area contributed by atoms with E-state index in [9.17, 15) is 4.79 Å². The molecule has 0 saturated carbocycles. The molecule has 1 rings (SSSR count). The number of rotatable bonds is 8. The van der Waals surface area contributed by atoms with Crippen LogP contribution in [-0.4, -0.2) is 35.0 Å². The Hall–Kier alpha value is -1.29. The quantitative estimate of drug-likeness (QED) is 0.781. The third-order valence-corrected chi connectivity index (χ3v) is 3.20. The summed E-state index contributed by atoms with van der Waals surface area (Å²) in [4.78, 5) is 14.0. The predicted molar refractivity (Wildman–Crippen MR) is 78.9 cm³/mol. The minimum Gasteiger partial charge on any atom is -0.342 e. The molecule has 0 aliphatic carbocycles. The number of carbonyl (C=O) groups excluding carboxylic acids is 1. The van der Waals surface area contributed by atoms with E-state index in [0.29, 0.717) is 12.5 Å². The zero-order valence-electron chi connectivity index (χ0n) is 12.6. The Kier molecular flexibility index (Phi) is 6.64. The van der Waals surface area contributed by atoms with Crippen molar-refractivity contribution < 1.29 is 4.79 Å².